The van der Waals surface area contributed by atoms with Gasteiger partial charge in [0.1, 0.15) is 5.82 Å². The maximum Gasteiger partial charge on any atom is 0.254 e. The van der Waals surface area contributed by atoms with Crippen molar-refractivity contribution < 1.29 is 18.7 Å². The van der Waals surface area contributed by atoms with Gasteiger partial charge in [-0.05, 0) is 49.8 Å². The van der Waals surface area contributed by atoms with Crippen LogP contribution in [0, 0.1) is 18.7 Å². The van der Waals surface area contributed by atoms with Gasteiger partial charge < -0.3 is 14.4 Å². The zero-order valence-electron chi connectivity index (χ0n) is 15.2. The van der Waals surface area contributed by atoms with Crippen LogP contribution in [0.2, 0.25) is 0 Å². The van der Waals surface area contributed by atoms with Crippen molar-refractivity contribution in [3.8, 4) is 0 Å². The van der Waals surface area contributed by atoms with Crippen LogP contribution < -0.4 is 0 Å². The van der Waals surface area contributed by atoms with Crippen molar-refractivity contribution >= 4 is 17.7 Å². The quantitative estimate of drug-likeness (QED) is 0.805. The van der Waals surface area contributed by atoms with Gasteiger partial charge in [-0.25, -0.2) is 4.39 Å². The molecule has 0 radical (unpaired) electrons. The third-order valence-electron chi connectivity index (χ3n) is 5.75. The first kappa shape index (κ1) is 18.3. The second-order valence-corrected chi connectivity index (χ2v) is 9.32. The Bertz CT molecular complexity index is 671. The SMILES string of the molecule is Cc1ccc(C(=O)N2CC3(C[C@@H](OCC4CCOCC4)CS3)C2)cc1F. The van der Waals surface area contributed by atoms with Crippen LogP contribution in [0.1, 0.15) is 35.2 Å². The summed E-state index contributed by atoms with van der Waals surface area (Å²) in [5, 5.41) is 0. The lowest BCUT2D eigenvalue weighted by atomic mass is 9.92. The van der Waals surface area contributed by atoms with Crippen molar-refractivity contribution in [2.75, 3.05) is 38.7 Å². The minimum atomic E-state index is -0.317. The Morgan fingerprint density at radius 1 is 1.38 bits per heavy atom. The van der Waals surface area contributed by atoms with Gasteiger partial charge in [0.2, 0.25) is 0 Å². The molecular weight excluding hydrogens is 353 g/mol. The molecule has 26 heavy (non-hydrogen) atoms. The summed E-state index contributed by atoms with van der Waals surface area (Å²) in [5.74, 6) is 1.25. The van der Waals surface area contributed by atoms with Gasteiger partial charge in [-0.3, -0.25) is 4.79 Å². The average molecular weight is 379 g/mol. The Hall–Kier alpha value is -1.11. The van der Waals surface area contributed by atoms with Gasteiger partial charge in [0, 0.05) is 44.2 Å². The van der Waals surface area contributed by atoms with Gasteiger partial charge in [-0.1, -0.05) is 6.07 Å². The molecule has 1 aromatic rings. The van der Waals surface area contributed by atoms with Crippen molar-refractivity contribution in [1.82, 2.24) is 4.90 Å². The molecule has 6 heteroatoms. The van der Waals surface area contributed by atoms with E-state index in [9.17, 15) is 9.18 Å². The van der Waals surface area contributed by atoms with E-state index >= 15 is 0 Å². The van der Waals surface area contributed by atoms with E-state index in [0.29, 0.717) is 17.0 Å². The van der Waals surface area contributed by atoms with Gasteiger partial charge in [-0.2, -0.15) is 0 Å². The maximum atomic E-state index is 13.7. The molecule has 3 heterocycles. The van der Waals surface area contributed by atoms with E-state index in [2.05, 4.69) is 0 Å². The fourth-order valence-electron chi connectivity index (χ4n) is 4.02. The lowest BCUT2D eigenvalue weighted by Crippen LogP contribution is -2.60. The minimum absolute atomic E-state index is 0.0679. The fraction of sp³-hybridized carbons (Fsp3) is 0.650. The van der Waals surface area contributed by atoms with Crippen molar-refractivity contribution in [3.05, 3.63) is 35.1 Å². The molecule has 3 aliphatic heterocycles. The van der Waals surface area contributed by atoms with E-state index in [0.717, 1.165) is 57.9 Å². The molecule has 0 bridgehead atoms. The molecule has 1 aromatic carbocycles. The molecule has 0 saturated carbocycles. The van der Waals surface area contributed by atoms with Crippen LogP contribution >= 0.6 is 11.8 Å². The molecule has 3 saturated heterocycles. The molecule has 0 aromatic heterocycles. The lowest BCUT2D eigenvalue weighted by Gasteiger charge is -2.47. The normalized spacial score (nSPS) is 25.5. The lowest BCUT2D eigenvalue weighted by molar-refractivity contribution is -0.0118. The van der Waals surface area contributed by atoms with Gasteiger partial charge in [0.25, 0.3) is 5.91 Å². The molecule has 3 fully saturated rings. The van der Waals surface area contributed by atoms with E-state index in [1.165, 1.54) is 6.07 Å². The molecule has 4 nitrogen and oxygen atoms in total. The van der Waals surface area contributed by atoms with Crippen molar-refractivity contribution in [3.63, 3.8) is 0 Å². The van der Waals surface area contributed by atoms with E-state index in [-0.39, 0.29) is 22.6 Å². The Morgan fingerprint density at radius 2 is 2.15 bits per heavy atom. The number of amides is 1. The van der Waals surface area contributed by atoms with Crippen molar-refractivity contribution in [2.45, 2.75) is 37.0 Å². The van der Waals surface area contributed by atoms with Crippen LogP contribution in [-0.4, -0.2) is 60.3 Å². The molecule has 0 aliphatic carbocycles. The molecule has 4 rings (SSSR count). The standard InChI is InChI=1S/C20H26FNO3S/c1-14-2-3-16(8-18(14)21)19(23)22-12-20(13-22)9-17(11-26-20)25-10-15-4-6-24-7-5-15/h2-3,8,15,17H,4-7,9-13H2,1H3/t17-/m1/s1. The zero-order chi connectivity index (χ0) is 18.1. The largest absolute Gasteiger partial charge is 0.381 e. The number of halogens is 1. The highest BCUT2D eigenvalue weighted by Gasteiger charge is 2.51. The highest BCUT2D eigenvalue weighted by molar-refractivity contribution is 8.01. The van der Waals surface area contributed by atoms with Crippen LogP contribution in [0.15, 0.2) is 18.2 Å². The van der Waals surface area contributed by atoms with Gasteiger partial charge in [0.15, 0.2) is 0 Å². The Morgan fingerprint density at radius 3 is 2.88 bits per heavy atom. The number of nitrogens with zero attached hydrogens (tertiary/aromatic N) is 1. The number of aryl methyl sites for hydroxylation is 1. The van der Waals surface area contributed by atoms with E-state index in [1.807, 2.05) is 16.7 Å². The maximum absolute atomic E-state index is 13.7. The van der Waals surface area contributed by atoms with Crippen LogP contribution in [0.3, 0.4) is 0 Å². The Kier molecular flexibility index (Phi) is 5.26. The number of carbonyl (C=O) groups is 1. The summed E-state index contributed by atoms with van der Waals surface area (Å²) in [6, 6.07) is 4.74. The number of benzene rings is 1. The summed E-state index contributed by atoms with van der Waals surface area (Å²) < 4.78 is 25.4. The topological polar surface area (TPSA) is 38.8 Å². The number of thioether (sulfide) groups is 1. The number of hydrogen-bond donors (Lipinski definition) is 0. The molecular formula is C20H26FNO3S. The minimum Gasteiger partial charge on any atom is -0.381 e. The molecule has 1 spiro atoms. The smallest absolute Gasteiger partial charge is 0.254 e. The number of ether oxygens (including phenoxy) is 2. The summed E-state index contributed by atoms with van der Waals surface area (Å²) in [6.07, 6.45) is 3.49. The summed E-state index contributed by atoms with van der Waals surface area (Å²) in [6.45, 7) is 5.72. The Labute approximate surface area is 158 Å². The molecule has 142 valence electrons. The van der Waals surface area contributed by atoms with Gasteiger partial charge >= 0.3 is 0 Å². The number of rotatable bonds is 4. The van der Waals surface area contributed by atoms with Crippen molar-refractivity contribution in [1.29, 1.82) is 0 Å². The van der Waals surface area contributed by atoms with Crippen LogP contribution in [0.5, 0.6) is 0 Å². The zero-order valence-corrected chi connectivity index (χ0v) is 16.0. The van der Waals surface area contributed by atoms with E-state index in [1.54, 1.807) is 19.1 Å². The van der Waals surface area contributed by atoms with Crippen molar-refractivity contribution in [2.24, 2.45) is 5.92 Å². The molecule has 3 aliphatic rings. The summed E-state index contributed by atoms with van der Waals surface area (Å²) >= 11 is 1.93. The van der Waals surface area contributed by atoms with Crippen LogP contribution in [-0.2, 0) is 9.47 Å². The van der Waals surface area contributed by atoms with Crippen LogP contribution in [0.4, 0.5) is 4.39 Å². The Balaban J connectivity index is 1.26. The molecule has 0 unspecified atom stereocenters. The number of likely N-dealkylation sites (tertiary alicyclic amines) is 1. The highest BCUT2D eigenvalue weighted by Crippen LogP contribution is 2.46. The van der Waals surface area contributed by atoms with Gasteiger partial charge in [0.05, 0.1) is 10.9 Å². The molecule has 1 amide bonds. The van der Waals surface area contributed by atoms with Gasteiger partial charge in [-0.15, -0.1) is 11.8 Å². The first-order chi connectivity index (χ1) is 12.5. The predicted octanol–water partition coefficient (Wildman–Crippen LogP) is 3.28. The number of carbonyl (C=O) groups excluding carboxylic acids is 1. The van der Waals surface area contributed by atoms with E-state index < -0.39 is 0 Å². The second kappa shape index (κ2) is 7.49. The summed E-state index contributed by atoms with van der Waals surface area (Å²) in [4.78, 5) is 14.4. The average Bonchev–Trinajstić information content (AvgIpc) is 3.06. The monoisotopic (exact) mass is 379 g/mol. The third kappa shape index (κ3) is 3.78. The first-order valence-corrected chi connectivity index (χ1v) is 10.4. The highest BCUT2D eigenvalue weighted by atomic mass is 32.2. The van der Waals surface area contributed by atoms with Crippen LogP contribution in [0.25, 0.3) is 0 Å². The third-order valence-corrected chi connectivity index (χ3v) is 7.32. The first-order valence-electron chi connectivity index (χ1n) is 9.43. The fourth-order valence-corrected chi connectivity index (χ4v) is 5.57. The summed E-state index contributed by atoms with van der Waals surface area (Å²) in [5.41, 5.74) is 1.01. The predicted molar refractivity (Wildman–Crippen MR) is 100 cm³/mol. The van der Waals surface area contributed by atoms with E-state index in [4.69, 9.17) is 9.47 Å². The molecule has 1 atom stereocenters. The summed E-state index contributed by atoms with van der Waals surface area (Å²) in [7, 11) is 0. The number of hydrogen-bond acceptors (Lipinski definition) is 4. The molecule has 0 N–H and O–H groups in total. The second-order valence-electron chi connectivity index (χ2n) is 7.83.